The minimum Gasteiger partial charge on any atom is -0.496 e. The molecule has 3 N–H and O–H groups in total. The molecule has 1 aliphatic heterocycles. The van der Waals surface area contributed by atoms with Gasteiger partial charge in [0.15, 0.2) is 5.78 Å². The van der Waals surface area contributed by atoms with Crippen LogP contribution in [0.3, 0.4) is 0 Å². The van der Waals surface area contributed by atoms with E-state index in [1.807, 2.05) is 24.3 Å². The lowest BCUT2D eigenvalue weighted by Gasteiger charge is -2.60. The topological polar surface area (TPSA) is 64.3 Å². The lowest BCUT2D eigenvalue weighted by molar-refractivity contribution is -0.122. The number of fused-ring (bicyclic) bond motifs is 1. The molecule has 2 fully saturated rings. The van der Waals surface area contributed by atoms with Crippen molar-refractivity contribution in [1.82, 2.24) is 5.32 Å². The van der Waals surface area contributed by atoms with Crippen LogP contribution in [0, 0.1) is 5.92 Å². The number of rotatable bonds is 5. The van der Waals surface area contributed by atoms with Gasteiger partial charge in [-0.25, -0.2) is 0 Å². The van der Waals surface area contributed by atoms with Crippen molar-refractivity contribution in [3.8, 4) is 5.75 Å². The molecule has 4 aliphatic rings. The predicted molar refractivity (Wildman–Crippen MR) is 130 cm³/mol. The molecule has 1 saturated carbocycles. The summed E-state index contributed by atoms with van der Waals surface area (Å²) >= 11 is 0. The van der Waals surface area contributed by atoms with Crippen molar-refractivity contribution in [2.45, 2.75) is 42.2 Å². The van der Waals surface area contributed by atoms with Crippen molar-refractivity contribution in [3.63, 3.8) is 0 Å². The Morgan fingerprint density at radius 2 is 1.76 bits per heavy atom. The number of nitrogens with one attached hydrogen (secondary N) is 1. The maximum atomic E-state index is 13.9. The number of para-hydroxylation sites is 1. The molecular weight excluding hydrogens is 408 g/mol. The maximum Gasteiger partial charge on any atom is 0.154 e. The highest BCUT2D eigenvalue weighted by molar-refractivity contribution is 5.88. The summed E-state index contributed by atoms with van der Waals surface area (Å²) in [6, 6.07) is 27.0. The summed E-state index contributed by atoms with van der Waals surface area (Å²) in [4.78, 5) is 13.9. The number of nitrogens with two attached hydrogens (primary N) is 1. The molecule has 3 aromatic carbocycles. The summed E-state index contributed by atoms with van der Waals surface area (Å²) in [7, 11) is 1.66. The van der Waals surface area contributed by atoms with E-state index in [-0.39, 0.29) is 29.1 Å². The minimum atomic E-state index is -0.455. The van der Waals surface area contributed by atoms with E-state index in [1.165, 1.54) is 16.7 Å². The second-order valence-electron chi connectivity index (χ2n) is 9.92. The van der Waals surface area contributed by atoms with Gasteiger partial charge >= 0.3 is 0 Å². The standard InChI is InChI=1S/C29H30N2O2/c1-33-25-14-8-5-9-19(25)17-24(32)26-27-28(20-10-3-2-4-11-20)16-15-23(29(27,30)18-31-26)21-12-6-7-13-22(21)28/h2-14,23,26-27,31H,15-18,30H2,1H3. The molecule has 168 valence electrons. The Morgan fingerprint density at radius 1 is 1.03 bits per heavy atom. The monoisotopic (exact) mass is 438 g/mol. The molecule has 2 bridgehead atoms. The van der Waals surface area contributed by atoms with Crippen LogP contribution in [0.4, 0.5) is 0 Å². The third kappa shape index (κ3) is 2.81. The number of hydrogen-bond acceptors (Lipinski definition) is 4. The van der Waals surface area contributed by atoms with Crippen LogP contribution < -0.4 is 15.8 Å². The van der Waals surface area contributed by atoms with Gasteiger partial charge in [-0.15, -0.1) is 0 Å². The fourth-order valence-electron chi connectivity index (χ4n) is 7.32. The molecule has 4 nitrogen and oxygen atoms in total. The van der Waals surface area contributed by atoms with Crippen LogP contribution in [0.15, 0.2) is 78.9 Å². The second kappa shape index (κ2) is 7.54. The quantitative estimate of drug-likeness (QED) is 0.633. The van der Waals surface area contributed by atoms with Crippen molar-refractivity contribution in [1.29, 1.82) is 0 Å². The molecule has 5 unspecified atom stereocenters. The van der Waals surface area contributed by atoms with E-state index in [0.29, 0.717) is 13.0 Å². The first kappa shape index (κ1) is 20.6. The summed E-state index contributed by atoms with van der Waals surface area (Å²) < 4.78 is 5.52. The minimum absolute atomic E-state index is 0.00302. The number of ketones is 1. The Labute approximate surface area is 195 Å². The van der Waals surface area contributed by atoms with Crippen molar-refractivity contribution in [3.05, 3.63) is 101 Å². The summed E-state index contributed by atoms with van der Waals surface area (Å²) in [5.41, 5.74) is 11.5. The van der Waals surface area contributed by atoms with E-state index in [4.69, 9.17) is 10.5 Å². The number of ether oxygens (including phenoxy) is 1. The molecule has 0 radical (unpaired) electrons. The molecule has 7 rings (SSSR count). The van der Waals surface area contributed by atoms with Crippen molar-refractivity contribution in [2.24, 2.45) is 11.7 Å². The van der Waals surface area contributed by atoms with Crippen LogP contribution in [0.25, 0.3) is 0 Å². The molecule has 5 atom stereocenters. The highest BCUT2D eigenvalue weighted by atomic mass is 16.5. The number of Topliss-reactive ketones (excluding diaryl/α,β-unsaturated/α-hetero) is 1. The average Bonchev–Trinajstić information content (AvgIpc) is 3.25. The van der Waals surface area contributed by atoms with Crippen molar-refractivity contribution >= 4 is 5.78 Å². The largest absolute Gasteiger partial charge is 0.496 e. The van der Waals surface area contributed by atoms with E-state index >= 15 is 0 Å². The van der Waals surface area contributed by atoms with Crippen LogP contribution in [0.1, 0.15) is 41.0 Å². The van der Waals surface area contributed by atoms with Gasteiger partial charge in [0, 0.05) is 41.3 Å². The fraction of sp³-hybridized carbons (Fsp3) is 0.345. The molecule has 0 spiro atoms. The molecule has 1 saturated heterocycles. The number of benzene rings is 3. The van der Waals surface area contributed by atoms with Gasteiger partial charge in [0.2, 0.25) is 0 Å². The zero-order valence-electron chi connectivity index (χ0n) is 19.0. The zero-order chi connectivity index (χ0) is 22.6. The van der Waals surface area contributed by atoms with Crippen LogP contribution in [-0.2, 0) is 16.6 Å². The van der Waals surface area contributed by atoms with Gasteiger partial charge in [0.05, 0.1) is 13.2 Å². The second-order valence-corrected chi connectivity index (χ2v) is 9.92. The summed E-state index contributed by atoms with van der Waals surface area (Å²) in [6.07, 6.45) is 2.40. The van der Waals surface area contributed by atoms with Crippen molar-refractivity contribution in [2.75, 3.05) is 13.7 Å². The molecule has 3 aliphatic carbocycles. The van der Waals surface area contributed by atoms with E-state index in [2.05, 4.69) is 59.9 Å². The molecule has 1 heterocycles. The van der Waals surface area contributed by atoms with Crippen LogP contribution >= 0.6 is 0 Å². The SMILES string of the molecule is COc1ccccc1CC(=O)C1NCC2(N)C3CCC(c4ccccc4)(c4ccccc43)C12. The van der Waals surface area contributed by atoms with E-state index < -0.39 is 5.54 Å². The van der Waals surface area contributed by atoms with Gasteiger partial charge in [-0.1, -0.05) is 72.8 Å². The zero-order valence-corrected chi connectivity index (χ0v) is 19.0. The number of hydrogen-bond donors (Lipinski definition) is 2. The smallest absolute Gasteiger partial charge is 0.154 e. The number of methoxy groups -OCH3 is 1. The van der Waals surface area contributed by atoms with Crippen LogP contribution in [-0.4, -0.2) is 31.0 Å². The number of carbonyl (C=O) groups is 1. The molecule has 3 aromatic rings. The molecule has 4 heteroatoms. The summed E-state index contributed by atoms with van der Waals surface area (Å²) in [6.45, 7) is 0.660. The molecule has 0 aromatic heterocycles. The summed E-state index contributed by atoms with van der Waals surface area (Å²) in [5.74, 6) is 1.22. The van der Waals surface area contributed by atoms with Gasteiger partial charge in [-0.2, -0.15) is 0 Å². The van der Waals surface area contributed by atoms with Gasteiger partial charge in [0.25, 0.3) is 0 Å². The van der Waals surface area contributed by atoms with Gasteiger partial charge in [-0.3, -0.25) is 4.79 Å². The third-order valence-electron chi connectivity index (χ3n) is 8.56. The molecular formula is C29H30N2O2. The first-order valence-electron chi connectivity index (χ1n) is 11.9. The Hall–Kier alpha value is -2.95. The first-order valence-corrected chi connectivity index (χ1v) is 11.9. The van der Waals surface area contributed by atoms with E-state index in [0.717, 1.165) is 24.2 Å². The van der Waals surface area contributed by atoms with Gasteiger partial charge in [-0.05, 0) is 35.6 Å². The van der Waals surface area contributed by atoms with E-state index in [1.54, 1.807) is 7.11 Å². The molecule has 0 amide bonds. The third-order valence-corrected chi connectivity index (χ3v) is 8.56. The first-order chi connectivity index (χ1) is 16.1. The normalized spacial score (nSPS) is 31.6. The van der Waals surface area contributed by atoms with Crippen LogP contribution in [0.5, 0.6) is 5.75 Å². The fourth-order valence-corrected chi connectivity index (χ4v) is 7.32. The Kier molecular flexibility index (Phi) is 4.72. The number of carbonyl (C=O) groups excluding carboxylic acids is 1. The summed E-state index contributed by atoms with van der Waals surface area (Å²) in [5, 5.41) is 3.61. The van der Waals surface area contributed by atoms with Crippen LogP contribution in [0.2, 0.25) is 0 Å². The molecule has 33 heavy (non-hydrogen) atoms. The highest BCUT2D eigenvalue weighted by Gasteiger charge is 2.67. The lowest BCUT2D eigenvalue weighted by atomic mass is 9.43. The van der Waals surface area contributed by atoms with E-state index in [9.17, 15) is 4.79 Å². The average molecular weight is 439 g/mol. The Balaban J connectivity index is 1.49. The Bertz CT molecular complexity index is 1210. The maximum absolute atomic E-state index is 13.9. The van der Waals surface area contributed by atoms with Crippen molar-refractivity contribution < 1.29 is 9.53 Å². The Morgan fingerprint density at radius 3 is 2.58 bits per heavy atom. The highest BCUT2D eigenvalue weighted by Crippen LogP contribution is 2.64. The predicted octanol–water partition coefficient (Wildman–Crippen LogP) is 3.97. The lowest BCUT2D eigenvalue weighted by Crippen LogP contribution is -2.67. The van der Waals surface area contributed by atoms with Gasteiger partial charge in [0.1, 0.15) is 5.75 Å². The van der Waals surface area contributed by atoms with Gasteiger partial charge < -0.3 is 15.8 Å².